The average Bonchev–Trinajstić information content (AvgIpc) is 2.62. The van der Waals surface area contributed by atoms with Crippen molar-refractivity contribution in [3.63, 3.8) is 0 Å². The van der Waals surface area contributed by atoms with Crippen LogP contribution in [0.5, 0.6) is 5.75 Å². The van der Waals surface area contributed by atoms with Crippen LogP contribution in [0.15, 0.2) is 66.3 Å². The number of nitrogens with zero attached hydrogens (tertiary/aromatic N) is 2. The fourth-order valence-corrected chi connectivity index (χ4v) is 2.90. The van der Waals surface area contributed by atoms with E-state index in [9.17, 15) is 15.2 Å². The number of aliphatic hydroxyl groups is 1. The minimum Gasteiger partial charge on any atom is -0.497 e. The first-order valence-electron chi connectivity index (χ1n) is 7.39. The molecule has 0 fully saturated rings. The van der Waals surface area contributed by atoms with Crippen LogP contribution in [-0.2, 0) is 4.79 Å². The number of rotatable bonds is 3. The zero-order valence-electron chi connectivity index (χ0n) is 13.0. The quantitative estimate of drug-likeness (QED) is 0.843. The third-order valence-electron chi connectivity index (χ3n) is 4.05. The summed E-state index contributed by atoms with van der Waals surface area (Å²) in [5.41, 5.74) is 0.872. The number of carbonyl (C=O) groups is 1. The van der Waals surface area contributed by atoms with Gasteiger partial charge in [-0.1, -0.05) is 18.2 Å². The monoisotopic (exact) mass is 322 g/mol. The molecule has 2 unspecified atom stereocenters. The summed E-state index contributed by atoms with van der Waals surface area (Å²) >= 11 is 0. The Kier molecular flexibility index (Phi) is 4.17. The van der Waals surface area contributed by atoms with Crippen LogP contribution in [0, 0.1) is 11.3 Å². The molecule has 0 bridgehead atoms. The maximum Gasteiger partial charge on any atom is 0.296 e. The van der Waals surface area contributed by atoms with E-state index in [2.05, 4.69) is 5.32 Å². The summed E-state index contributed by atoms with van der Waals surface area (Å²) in [4.78, 5) is 12.5. The Morgan fingerprint density at radius 2 is 1.88 bits per heavy atom. The molecule has 0 aliphatic carbocycles. The zero-order valence-corrected chi connectivity index (χ0v) is 13.0. The molecule has 2 heterocycles. The van der Waals surface area contributed by atoms with Gasteiger partial charge in [0.1, 0.15) is 17.4 Å². The summed E-state index contributed by atoms with van der Waals surface area (Å²) in [6.07, 6.45) is 3.52. The van der Waals surface area contributed by atoms with E-state index in [-0.39, 0.29) is 11.5 Å². The minimum absolute atomic E-state index is 0.126. The van der Waals surface area contributed by atoms with Crippen LogP contribution < -0.4 is 14.6 Å². The lowest BCUT2D eigenvalue weighted by atomic mass is 9.82. The van der Waals surface area contributed by atoms with Crippen molar-refractivity contribution < 1.29 is 19.2 Å². The lowest BCUT2D eigenvalue weighted by Gasteiger charge is -2.27. The minimum atomic E-state index is -0.676. The predicted molar refractivity (Wildman–Crippen MR) is 84.8 cm³/mol. The van der Waals surface area contributed by atoms with Gasteiger partial charge in [-0.25, -0.2) is 0 Å². The molecule has 1 aromatic carbocycles. The maximum atomic E-state index is 12.5. The molecule has 6 nitrogen and oxygen atoms in total. The van der Waals surface area contributed by atoms with Gasteiger partial charge in [-0.3, -0.25) is 10.1 Å². The molecule has 1 amide bonds. The topological polar surface area (TPSA) is 86.2 Å². The van der Waals surface area contributed by atoms with Crippen LogP contribution in [0.2, 0.25) is 0 Å². The second kappa shape index (κ2) is 6.42. The molecule has 1 aliphatic rings. The lowest BCUT2D eigenvalue weighted by molar-refractivity contribution is -0.711. The molecule has 3 rings (SSSR count). The SMILES string of the molecule is COc1ccc(C2C(C#N)=C(O)NC(=O)C2[n+]2ccccc2)cc1. The molecule has 0 spiro atoms. The van der Waals surface area contributed by atoms with Gasteiger partial charge in [0.15, 0.2) is 12.4 Å². The van der Waals surface area contributed by atoms with E-state index in [4.69, 9.17) is 4.74 Å². The van der Waals surface area contributed by atoms with Crippen molar-refractivity contribution in [3.05, 3.63) is 71.9 Å². The van der Waals surface area contributed by atoms with Gasteiger partial charge in [-0.2, -0.15) is 9.83 Å². The second-order valence-corrected chi connectivity index (χ2v) is 5.38. The van der Waals surface area contributed by atoms with E-state index >= 15 is 0 Å². The Labute approximate surface area is 139 Å². The smallest absolute Gasteiger partial charge is 0.296 e. The average molecular weight is 322 g/mol. The Hall–Kier alpha value is -3.33. The molecular formula is C18H16N3O3+. The Balaban J connectivity index is 2.15. The second-order valence-electron chi connectivity index (χ2n) is 5.38. The van der Waals surface area contributed by atoms with Crippen LogP contribution in [0.1, 0.15) is 17.5 Å². The number of nitriles is 1. The summed E-state index contributed by atoms with van der Waals surface area (Å²) in [5.74, 6) is -0.684. The fraction of sp³-hybridized carbons (Fsp3) is 0.167. The summed E-state index contributed by atoms with van der Waals surface area (Å²) in [6.45, 7) is 0. The van der Waals surface area contributed by atoms with Crippen LogP contribution in [0.25, 0.3) is 0 Å². The number of amides is 1. The largest absolute Gasteiger partial charge is 0.497 e. The molecule has 2 N–H and O–H groups in total. The van der Waals surface area contributed by atoms with Crippen LogP contribution >= 0.6 is 0 Å². The van der Waals surface area contributed by atoms with Gasteiger partial charge < -0.3 is 9.84 Å². The van der Waals surface area contributed by atoms with Gasteiger partial charge in [0.2, 0.25) is 11.9 Å². The lowest BCUT2D eigenvalue weighted by Crippen LogP contribution is -2.53. The highest BCUT2D eigenvalue weighted by Gasteiger charge is 2.45. The highest BCUT2D eigenvalue weighted by atomic mass is 16.5. The van der Waals surface area contributed by atoms with E-state index in [1.165, 1.54) is 0 Å². The van der Waals surface area contributed by atoms with E-state index < -0.39 is 17.8 Å². The standard InChI is InChI=1S/C18H15N3O3/c1-24-13-7-5-12(6-8-13)15-14(11-19)17(22)20-18(23)16(15)21-9-3-2-4-10-21/h2-10,15-16H,1H3,(H-,20,22,23)/p+1. The number of methoxy groups -OCH3 is 1. The van der Waals surface area contributed by atoms with Gasteiger partial charge in [0.25, 0.3) is 5.91 Å². The summed E-state index contributed by atoms with van der Waals surface area (Å²) in [5, 5.41) is 21.9. The first-order chi connectivity index (χ1) is 11.7. The van der Waals surface area contributed by atoms with Crippen LogP contribution in [0.3, 0.4) is 0 Å². The number of hydrogen-bond acceptors (Lipinski definition) is 4. The number of nitrogens with one attached hydrogen (secondary N) is 1. The number of allylic oxidation sites excluding steroid dienone is 1. The van der Waals surface area contributed by atoms with Crippen LogP contribution in [0.4, 0.5) is 0 Å². The number of pyridine rings is 1. The molecule has 0 saturated carbocycles. The number of benzene rings is 1. The molecule has 0 radical (unpaired) electrons. The van der Waals surface area contributed by atoms with Crippen molar-refractivity contribution in [1.82, 2.24) is 5.32 Å². The molecule has 120 valence electrons. The van der Waals surface area contributed by atoms with Gasteiger partial charge >= 0.3 is 0 Å². The number of carbonyl (C=O) groups excluding carboxylic acids is 1. The Bertz CT molecular complexity index is 823. The molecule has 6 heteroatoms. The van der Waals surface area contributed by atoms with E-state index in [1.54, 1.807) is 48.3 Å². The summed E-state index contributed by atoms with van der Waals surface area (Å²) in [7, 11) is 1.57. The first-order valence-corrected chi connectivity index (χ1v) is 7.39. The summed E-state index contributed by atoms with van der Waals surface area (Å²) in [6, 6.07) is 13.9. The third kappa shape index (κ3) is 2.68. The predicted octanol–water partition coefficient (Wildman–Crippen LogP) is 1.73. The van der Waals surface area contributed by atoms with Gasteiger partial charge in [-0.15, -0.1) is 0 Å². The molecule has 24 heavy (non-hydrogen) atoms. The van der Waals surface area contributed by atoms with E-state index in [0.29, 0.717) is 5.75 Å². The molecule has 0 saturated heterocycles. The number of aliphatic hydroxyl groups excluding tert-OH is 1. The number of aromatic nitrogens is 1. The molecule has 1 aliphatic heterocycles. The molecular weight excluding hydrogens is 306 g/mol. The first kappa shape index (κ1) is 15.6. The molecule has 2 aromatic rings. The van der Waals surface area contributed by atoms with Crippen molar-refractivity contribution in [2.75, 3.05) is 7.11 Å². The van der Waals surface area contributed by atoms with Crippen molar-refractivity contribution in [2.45, 2.75) is 12.0 Å². The summed E-state index contributed by atoms with van der Waals surface area (Å²) < 4.78 is 6.88. The molecule has 2 atom stereocenters. The molecule has 1 aromatic heterocycles. The fourth-order valence-electron chi connectivity index (χ4n) is 2.90. The third-order valence-corrected chi connectivity index (χ3v) is 4.05. The Morgan fingerprint density at radius 3 is 2.46 bits per heavy atom. The van der Waals surface area contributed by atoms with Crippen molar-refractivity contribution >= 4 is 5.91 Å². The highest BCUT2D eigenvalue weighted by molar-refractivity contribution is 5.84. The van der Waals surface area contributed by atoms with Gasteiger partial charge in [0, 0.05) is 12.1 Å². The number of hydrogen-bond donors (Lipinski definition) is 2. The van der Waals surface area contributed by atoms with Crippen molar-refractivity contribution in [1.29, 1.82) is 5.26 Å². The Morgan fingerprint density at radius 1 is 1.21 bits per heavy atom. The maximum absolute atomic E-state index is 12.5. The highest BCUT2D eigenvalue weighted by Crippen LogP contribution is 2.36. The normalized spacial score (nSPS) is 20.2. The van der Waals surface area contributed by atoms with Gasteiger partial charge in [-0.05, 0) is 17.7 Å². The van der Waals surface area contributed by atoms with Crippen molar-refractivity contribution in [2.24, 2.45) is 0 Å². The zero-order chi connectivity index (χ0) is 17.1. The van der Waals surface area contributed by atoms with Gasteiger partial charge in [0.05, 0.1) is 13.0 Å². The number of ether oxygens (including phenoxy) is 1. The van der Waals surface area contributed by atoms with Crippen molar-refractivity contribution in [3.8, 4) is 11.8 Å². The van der Waals surface area contributed by atoms with E-state index in [0.717, 1.165) is 5.56 Å². The van der Waals surface area contributed by atoms with E-state index in [1.807, 2.05) is 24.3 Å². The van der Waals surface area contributed by atoms with Crippen LogP contribution in [-0.4, -0.2) is 18.1 Å².